The second kappa shape index (κ2) is 4.97. The first-order valence-electron chi connectivity index (χ1n) is 5.99. The largest absolute Gasteiger partial charge is 0.481 e. The molecule has 0 aliphatic heterocycles. The number of carbonyl (C=O) groups is 1. The highest BCUT2D eigenvalue weighted by atomic mass is 16.4. The summed E-state index contributed by atoms with van der Waals surface area (Å²) in [7, 11) is 0. The Balaban J connectivity index is 2.71. The lowest BCUT2D eigenvalue weighted by Crippen LogP contribution is -2.48. The molecular weight excluding hydrogens is 190 g/mol. The minimum Gasteiger partial charge on any atom is -0.481 e. The third-order valence-electron chi connectivity index (χ3n) is 3.99. The summed E-state index contributed by atoms with van der Waals surface area (Å²) in [6.45, 7) is 4.06. The van der Waals surface area contributed by atoms with Crippen molar-refractivity contribution in [1.29, 1.82) is 0 Å². The molecule has 3 nitrogen and oxygen atoms in total. The van der Waals surface area contributed by atoms with Crippen molar-refractivity contribution in [3.63, 3.8) is 0 Å². The van der Waals surface area contributed by atoms with Gasteiger partial charge in [-0.1, -0.05) is 33.1 Å². The van der Waals surface area contributed by atoms with Gasteiger partial charge in [-0.25, -0.2) is 0 Å². The Labute approximate surface area is 92.0 Å². The van der Waals surface area contributed by atoms with Gasteiger partial charge in [-0.3, -0.25) is 4.79 Å². The Morgan fingerprint density at radius 1 is 1.40 bits per heavy atom. The molecule has 0 aromatic rings. The maximum Gasteiger partial charge on any atom is 0.308 e. The van der Waals surface area contributed by atoms with Crippen LogP contribution in [-0.2, 0) is 4.79 Å². The molecule has 1 rings (SSSR count). The molecule has 0 heterocycles. The minimum absolute atomic E-state index is 0.0390. The predicted octanol–water partition coefficient (Wildman–Crippen LogP) is 2.39. The molecule has 0 aromatic heterocycles. The van der Waals surface area contributed by atoms with Gasteiger partial charge < -0.3 is 10.8 Å². The smallest absolute Gasteiger partial charge is 0.308 e. The van der Waals surface area contributed by atoms with Gasteiger partial charge in [-0.05, 0) is 24.7 Å². The number of hydrogen-bond acceptors (Lipinski definition) is 2. The van der Waals surface area contributed by atoms with Crippen molar-refractivity contribution < 1.29 is 9.90 Å². The summed E-state index contributed by atoms with van der Waals surface area (Å²) >= 11 is 0. The van der Waals surface area contributed by atoms with E-state index in [0.29, 0.717) is 6.42 Å². The van der Waals surface area contributed by atoms with E-state index in [4.69, 9.17) is 10.8 Å². The summed E-state index contributed by atoms with van der Waals surface area (Å²) < 4.78 is 0. The fraction of sp³-hybridized carbons (Fsp3) is 0.917. The monoisotopic (exact) mass is 213 g/mol. The molecule has 1 saturated carbocycles. The van der Waals surface area contributed by atoms with Crippen molar-refractivity contribution in [1.82, 2.24) is 0 Å². The molecule has 0 spiro atoms. The fourth-order valence-corrected chi connectivity index (χ4v) is 2.76. The molecule has 88 valence electrons. The lowest BCUT2D eigenvalue weighted by atomic mass is 9.67. The van der Waals surface area contributed by atoms with Crippen LogP contribution in [0.15, 0.2) is 0 Å². The van der Waals surface area contributed by atoms with E-state index in [-0.39, 0.29) is 17.4 Å². The summed E-state index contributed by atoms with van der Waals surface area (Å²) in [5.74, 6) is -1.12. The first kappa shape index (κ1) is 12.5. The second-order valence-corrected chi connectivity index (χ2v) is 5.09. The van der Waals surface area contributed by atoms with Crippen LogP contribution in [0.4, 0.5) is 0 Å². The number of carboxylic acids is 1. The zero-order valence-electron chi connectivity index (χ0n) is 9.83. The van der Waals surface area contributed by atoms with Crippen molar-refractivity contribution in [3.8, 4) is 0 Å². The molecule has 15 heavy (non-hydrogen) atoms. The Morgan fingerprint density at radius 2 is 1.93 bits per heavy atom. The Hall–Kier alpha value is -0.570. The molecule has 1 aliphatic rings. The summed E-state index contributed by atoms with van der Waals surface area (Å²) in [4.78, 5) is 11.1. The van der Waals surface area contributed by atoms with Crippen LogP contribution in [0.5, 0.6) is 0 Å². The van der Waals surface area contributed by atoms with E-state index in [9.17, 15) is 4.79 Å². The van der Waals surface area contributed by atoms with Crippen LogP contribution in [0.3, 0.4) is 0 Å². The molecule has 0 amide bonds. The highest BCUT2D eigenvalue weighted by Gasteiger charge is 2.39. The van der Waals surface area contributed by atoms with Crippen LogP contribution < -0.4 is 5.73 Å². The van der Waals surface area contributed by atoms with E-state index in [2.05, 4.69) is 6.92 Å². The van der Waals surface area contributed by atoms with Gasteiger partial charge in [0.25, 0.3) is 0 Å². The van der Waals surface area contributed by atoms with Crippen molar-refractivity contribution >= 4 is 5.97 Å². The van der Waals surface area contributed by atoms with Crippen molar-refractivity contribution in [2.75, 3.05) is 0 Å². The van der Waals surface area contributed by atoms with Crippen molar-refractivity contribution in [2.24, 2.45) is 17.1 Å². The normalized spacial score (nSPS) is 24.5. The van der Waals surface area contributed by atoms with Crippen LogP contribution in [0.25, 0.3) is 0 Å². The van der Waals surface area contributed by atoms with E-state index in [1.165, 1.54) is 19.3 Å². The van der Waals surface area contributed by atoms with Gasteiger partial charge in [-0.15, -0.1) is 0 Å². The highest BCUT2D eigenvalue weighted by Crippen LogP contribution is 2.40. The Morgan fingerprint density at radius 3 is 2.33 bits per heavy atom. The van der Waals surface area contributed by atoms with Gasteiger partial charge in [0, 0.05) is 6.04 Å². The van der Waals surface area contributed by atoms with E-state index in [1.807, 2.05) is 6.92 Å². The quantitative estimate of drug-likeness (QED) is 0.753. The van der Waals surface area contributed by atoms with Gasteiger partial charge in [0.1, 0.15) is 0 Å². The summed E-state index contributed by atoms with van der Waals surface area (Å²) in [5.41, 5.74) is 6.20. The number of nitrogens with two attached hydrogens (primary N) is 1. The molecule has 1 aliphatic carbocycles. The number of hydrogen-bond donors (Lipinski definition) is 2. The van der Waals surface area contributed by atoms with Crippen molar-refractivity contribution in [3.05, 3.63) is 0 Å². The second-order valence-electron chi connectivity index (χ2n) is 5.09. The predicted molar refractivity (Wildman–Crippen MR) is 60.6 cm³/mol. The summed E-state index contributed by atoms with van der Waals surface area (Å²) in [6, 6.07) is -0.194. The fourth-order valence-electron chi connectivity index (χ4n) is 2.76. The third kappa shape index (κ3) is 2.71. The van der Waals surface area contributed by atoms with Crippen LogP contribution in [0, 0.1) is 11.3 Å². The van der Waals surface area contributed by atoms with Crippen molar-refractivity contribution in [2.45, 2.75) is 58.4 Å². The first-order valence-corrected chi connectivity index (χ1v) is 5.99. The van der Waals surface area contributed by atoms with Crippen LogP contribution >= 0.6 is 0 Å². The lowest BCUT2D eigenvalue weighted by Gasteiger charge is -2.41. The molecule has 1 fully saturated rings. The maximum atomic E-state index is 11.1. The van der Waals surface area contributed by atoms with Crippen LogP contribution in [0.1, 0.15) is 52.4 Å². The van der Waals surface area contributed by atoms with Gasteiger partial charge in [0.05, 0.1) is 5.92 Å². The molecule has 2 unspecified atom stereocenters. The maximum absolute atomic E-state index is 11.1. The standard InChI is InChI=1S/C12H23NO2/c1-3-9(11(14)15)10(13)12(2)7-5-4-6-8-12/h9-10H,3-8,13H2,1-2H3,(H,14,15). The SMILES string of the molecule is CCC(C(=O)O)C(N)C1(C)CCCCC1. The van der Waals surface area contributed by atoms with Gasteiger partial charge in [0.15, 0.2) is 0 Å². The molecule has 2 atom stereocenters. The first-order chi connectivity index (χ1) is 7.01. The van der Waals surface area contributed by atoms with Gasteiger partial charge in [0.2, 0.25) is 0 Å². The van der Waals surface area contributed by atoms with Crippen LogP contribution in [0.2, 0.25) is 0 Å². The molecule has 0 bridgehead atoms. The van der Waals surface area contributed by atoms with E-state index in [1.54, 1.807) is 0 Å². The number of aliphatic carboxylic acids is 1. The lowest BCUT2D eigenvalue weighted by molar-refractivity contribution is -0.144. The molecule has 0 saturated heterocycles. The third-order valence-corrected chi connectivity index (χ3v) is 3.99. The minimum atomic E-state index is -0.739. The molecule has 0 aromatic carbocycles. The number of carboxylic acid groups (broad SMARTS) is 1. The molecular formula is C12H23NO2. The summed E-state index contributed by atoms with van der Waals surface area (Å²) in [6.07, 6.45) is 6.45. The average Bonchev–Trinajstić information content (AvgIpc) is 2.19. The number of rotatable bonds is 4. The topological polar surface area (TPSA) is 63.3 Å². The van der Waals surface area contributed by atoms with Gasteiger partial charge in [-0.2, -0.15) is 0 Å². The zero-order valence-corrected chi connectivity index (χ0v) is 9.83. The van der Waals surface area contributed by atoms with E-state index < -0.39 is 5.97 Å². The van der Waals surface area contributed by atoms with Gasteiger partial charge >= 0.3 is 5.97 Å². The summed E-state index contributed by atoms with van der Waals surface area (Å²) in [5, 5.41) is 9.11. The molecule has 3 N–H and O–H groups in total. The zero-order chi connectivity index (χ0) is 11.5. The highest BCUT2D eigenvalue weighted by molar-refractivity contribution is 5.71. The molecule has 3 heteroatoms. The van der Waals surface area contributed by atoms with Crippen LogP contribution in [-0.4, -0.2) is 17.1 Å². The van der Waals surface area contributed by atoms with E-state index >= 15 is 0 Å². The average molecular weight is 213 g/mol. The van der Waals surface area contributed by atoms with E-state index in [0.717, 1.165) is 12.8 Å². The molecule has 0 radical (unpaired) electrons. The Bertz CT molecular complexity index is 222. The Kier molecular flexibility index (Phi) is 4.14.